The van der Waals surface area contributed by atoms with E-state index in [9.17, 15) is 14.7 Å². The van der Waals surface area contributed by atoms with E-state index in [1.54, 1.807) is 6.07 Å². The SMILES string of the molecule is CC(=O)Nc1ccc(O)c(C(=O)NCCCN2CCN(c3cccc(Cl)c3)CC2)c1. The van der Waals surface area contributed by atoms with Crippen molar-refractivity contribution in [2.75, 3.05) is 49.5 Å². The second-order valence-corrected chi connectivity index (χ2v) is 7.77. The summed E-state index contributed by atoms with van der Waals surface area (Å²) in [5.74, 6) is -0.702. The van der Waals surface area contributed by atoms with Gasteiger partial charge >= 0.3 is 0 Å². The van der Waals surface area contributed by atoms with E-state index in [1.165, 1.54) is 19.1 Å². The number of piperazine rings is 1. The lowest BCUT2D eigenvalue weighted by molar-refractivity contribution is -0.114. The summed E-state index contributed by atoms with van der Waals surface area (Å²) >= 11 is 6.08. The van der Waals surface area contributed by atoms with E-state index < -0.39 is 0 Å². The highest BCUT2D eigenvalue weighted by atomic mass is 35.5. The van der Waals surface area contributed by atoms with E-state index in [4.69, 9.17) is 11.6 Å². The van der Waals surface area contributed by atoms with Crippen LogP contribution < -0.4 is 15.5 Å². The molecule has 3 rings (SSSR count). The molecule has 30 heavy (non-hydrogen) atoms. The molecule has 0 unspecified atom stereocenters. The molecule has 0 spiro atoms. The zero-order chi connectivity index (χ0) is 21.5. The van der Waals surface area contributed by atoms with E-state index in [-0.39, 0.29) is 23.1 Å². The summed E-state index contributed by atoms with van der Waals surface area (Å²) in [6, 6.07) is 12.3. The van der Waals surface area contributed by atoms with Gasteiger partial charge in [-0.1, -0.05) is 17.7 Å². The topological polar surface area (TPSA) is 84.9 Å². The van der Waals surface area contributed by atoms with Crippen LogP contribution >= 0.6 is 11.6 Å². The van der Waals surface area contributed by atoms with Crippen molar-refractivity contribution < 1.29 is 14.7 Å². The molecule has 0 saturated carbocycles. The Labute approximate surface area is 181 Å². The van der Waals surface area contributed by atoms with Gasteiger partial charge < -0.3 is 20.6 Å². The molecule has 0 atom stereocenters. The molecule has 1 fully saturated rings. The number of phenols is 1. The second-order valence-electron chi connectivity index (χ2n) is 7.33. The fourth-order valence-corrected chi connectivity index (χ4v) is 3.69. The Morgan fingerprint density at radius 1 is 1.10 bits per heavy atom. The van der Waals surface area contributed by atoms with Gasteiger partial charge in [0.05, 0.1) is 5.56 Å². The molecule has 160 valence electrons. The Hall–Kier alpha value is -2.77. The maximum Gasteiger partial charge on any atom is 0.255 e. The number of carbonyl (C=O) groups is 2. The predicted molar refractivity (Wildman–Crippen MR) is 119 cm³/mol. The number of hydrogen-bond donors (Lipinski definition) is 3. The highest BCUT2D eigenvalue weighted by Gasteiger charge is 2.17. The fourth-order valence-electron chi connectivity index (χ4n) is 3.50. The number of nitrogens with one attached hydrogen (secondary N) is 2. The van der Waals surface area contributed by atoms with Crippen LogP contribution in [0.3, 0.4) is 0 Å². The van der Waals surface area contributed by atoms with Gasteiger partial charge in [-0.25, -0.2) is 0 Å². The normalized spacial score (nSPS) is 14.4. The van der Waals surface area contributed by atoms with Crippen molar-refractivity contribution in [3.63, 3.8) is 0 Å². The van der Waals surface area contributed by atoms with Crippen LogP contribution in [0.15, 0.2) is 42.5 Å². The van der Waals surface area contributed by atoms with Gasteiger partial charge in [-0.3, -0.25) is 14.5 Å². The molecule has 3 N–H and O–H groups in total. The lowest BCUT2D eigenvalue weighted by atomic mass is 10.1. The third-order valence-corrected chi connectivity index (χ3v) is 5.28. The molecule has 1 aliphatic rings. The number of phenolic OH excluding ortho intramolecular Hbond substituents is 1. The number of carbonyl (C=O) groups excluding carboxylic acids is 2. The van der Waals surface area contributed by atoms with Gasteiger partial charge in [0.2, 0.25) is 5.91 Å². The summed E-state index contributed by atoms with van der Waals surface area (Å²) in [4.78, 5) is 28.2. The molecule has 8 heteroatoms. The number of amides is 2. The Balaban J connectivity index is 1.40. The lowest BCUT2D eigenvalue weighted by Gasteiger charge is -2.36. The van der Waals surface area contributed by atoms with Crippen LogP contribution in [-0.4, -0.2) is 61.1 Å². The summed E-state index contributed by atoms with van der Waals surface area (Å²) < 4.78 is 0. The van der Waals surface area contributed by atoms with Crippen molar-refractivity contribution >= 4 is 34.8 Å². The van der Waals surface area contributed by atoms with E-state index in [0.29, 0.717) is 12.2 Å². The molecule has 1 heterocycles. The molecule has 2 aromatic rings. The van der Waals surface area contributed by atoms with Gasteiger partial charge in [-0.15, -0.1) is 0 Å². The van der Waals surface area contributed by atoms with Gasteiger partial charge in [-0.05, 0) is 49.4 Å². The molecule has 2 amide bonds. The molecule has 0 radical (unpaired) electrons. The lowest BCUT2D eigenvalue weighted by Crippen LogP contribution is -2.47. The van der Waals surface area contributed by atoms with Gasteiger partial charge in [-0.2, -0.15) is 0 Å². The molecule has 0 aromatic heterocycles. The van der Waals surface area contributed by atoms with Crippen LogP contribution in [0.1, 0.15) is 23.7 Å². The zero-order valence-electron chi connectivity index (χ0n) is 17.0. The second kappa shape index (κ2) is 10.3. The third-order valence-electron chi connectivity index (χ3n) is 5.04. The van der Waals surface area contributed by atoms with Crippen molar-refractivity contribution in [3.05, 3.63) is 53.1 Å². The number of aromatic hydroxyl groups is 1. The Morgan fingerprint density at radius 3 is 2.57 bits per heavy atom. The minimum absolute atomic E-state index is 0.112. The summed E-state index contributed by atoms with van der Waals surface area (Å²) in [5.41, 5.74) is 1.77. The minimum atomic E-state index is -0.356. The fraction of sp³-hybridized carbons (Fsp3) is 0.364. The molecular weight excluding hydrogens is 404 g/mol. The summed E-state index contributed by atoms with van der Waals surface area (Å²) in [6.07, 6.45) is 0.815. The number of benzene rings is 2. The molecule has 1 aliphatic heterocycles. The average molecular weight is 431 g/mol. The quantitative estimate of drug-likeness (QED) is 0.464. The summed E-state index contributed by atoms with van der Waals surface area (Å²) in [5, 5.41) is 16.1. The smallest absolute Gasteiger partial charge is 0.255 e. The van der Waals surface area contributed by atoms with Crippen LogP contribution in [0.2, 0.25) is 5.02 Å². The Bertz CT molecular complexity index is 898. The molecule has 1 saturated heterocycles. The highest BCUT2D eigenvalue weighted by Crippen LogP contribution is 2.22. The summed E-state index contributed by atoms with van der Waals surface area (Å²) in [6.45, 7) is 6.59. The van der Waals surface area contributed by atoms with Crippen LogP contribution in [0.5, 0.6) is 5.75 Å². The monoisotopic (exact) mass is 430 g/mol. The van der Waals surface area contributed by atoms with Crippen LogP contribution in [0.25, 0.3) is 0 Å². The van der Waals surface area contributed by atoms with Crippen molar-refractivity contribution in [3.8, 4) is 5.75 Å². The molecule has 0 aliphatic carbocycles. The molecule has 0 bridgehead atoms. The first-order chi connectivity index (χ1) is 14.4. The van der Waals surface area contributed by atoms with E-state index >= 15 is 0 Å². The van der Waals surface area contributed by atoms with Crippen molar-refractivity contribution in [1.82, 2.24) is 10.2 Å². The predicted octanol–water partition coefficient (Wildman–Crippen LogP) is 2.95. The Kier molecular flexibility index (Phi) is 7.54. The van der Waals surface area contributed by atoms with E-state index in [1.807, 2.05) is 18.2 Å². The zero-order valence-corrected chi connectivity index (χ0v) is 17.8. The van der Waals surface area contributed by atoms with Crippen LogP contribution in [-0.2, 0) is 4.79 Å². The maximum atomic E-state index is 12.4. The molecule has 2 aromatic carbocycles. The van der Waals surface area contributed by atoms with Crippen molar-refractivity contribution in [2.45, 2.75) is 13.3 Å². The largest absolute Gasteiger partial charge is 0.507 e. The maximum absolute atomic E-state index is 12.4. The minimum Gasteiger partial charge on any atom is -0.507 e. The molecule has 7 nitrogen and oxygen atoms in total. The highest BCUT2D eigenvalue weighted by molar-refractivity contribution is 6.30. The van der Waals surface area contributed by atoms with Crippen LogP contribution in [0, 0.1) is 0 Å². The Morgan fingerprint density at radius 2 is 1.87 bits per heavy atom. The third kappa shape index (κ3) is 6.11. The standard InChI is InChI=1S/C22H27ClN4O3/c1-16(28)25-18-6-7-21(29)20(15-18)22(30)24-8-3-9-26-10-12-27(13-11-26)19-5-2-4-17(23)14-19/h2,4-7,14-15,29H,3,8-13H2,1H3,(H,24,30)(H,25,28). The van der Waals surface area contributed by atoms with E-state index in [2.05, 4.69) is 26.5 Å². The number of anilines is 2. The molecular formula is C22H27ClN4O3. The van der Waals surface area contributed by atoms with Gasteiger partial charge in [0.25, 0.3) is 5.91 Å². The number of halogens is 1. The number of hydrogen-bond acceptors (Lipinski definition) is 5. The average Bonchev–Trinajstić information content (AvgIpc) is 2.72. The first-order valence-electron chi connectivity index (χ1n) is 10.0. The first-order valence-corrected chi connectivity index (χ1v) is 10.4. The van der Waals surface area contributed by atoms with Gasteiger partial charge in [0, 0.05) is 56.0 Å². The van der Waals surface area contributed by atoms with Crippen molar-refractivity contribution in [2.24, 2.45) is 0 Å². The van der Waals surface area contributed by atoms with Gasteiger partial charge in [0.1, 0.15) is 5.75 Å². The number of nitrogens with zero attached hydrogens (tertiary/aromatic N) is 2. The van der Waals surface area contributed by atoms with Gasteiger partial charge in [0.15, 0.2) is 0 Å². The van der Waals surface area contributed by atoms with E-state index in [0.717, 1.165) is 49.9 Å². The van der Waals surface area contributed by atoms with Crippen LogP contribution in [0.4, 0.5) is 11.4 Å². The van der Waals surface area contributed by atoms with Crippen molar-refractivity contribution in [1.29, 1.82) is 0 Å². The number of rotatable bonds is 7. The summed E-state index contributed by atoms with van der Waals surface area (Å²) in [7, 11) is 0. The first kappa shape index (κ1) is 21.9.